The van der Waals surface area contributed by atoms with Gasteiger partial charge in [0, 0.05) is 44.2 Å². The van der Waals surface area contributed by atoms with E-state index in [4.69, 9.17) is 21.1 Å². The van der Waals surface area contributed by atoms with Crippen molar-refractivity contribution in [3.63, 3.8) is 0 Å². The summed E-state index contributed by atoms with van der Waals surface area (Å²) in [6.07, 6.45) is 0.475. The summed E-state index contributed by atoms with van der Waals surface area (Å²) in [5.41, 5.74) is 2.14. The summed E-state index contributed by atoms with van der Waals surface area (Å²) in [4.78, 5) is 17.0. The molecule has 0 aromatic heterocycles. The summed E-state index contributed by atoms with van der Waals surface area (Å²) in [5.74, 6) is 1.06. The van der Waals surface area contributed by atoms with Gasteiger partial charge in [0.25, 0.3) is 0 Å². The molecule has 1 amide bonds. The first-order chi connectivity index (χ1) is 15.2. The Balaban J connectivity index is 1.64. The molecule has 1 aliphatic rings. The summed E-state index contributed by atoms with van der Waals surface area (Å²) in [7, 11) is 1.68. The van der Waals surface area contributed by atoms with Crippen LogP contribution in [-0.2, 0) is 16.1 Å². The van der Waals surface area contributed by atoms with E-state index in [0.29, 0.717) is 18.1 Å². The van der Waals surface area contributed by atoms with Crippen molar-refractivity contribution in [3.8, 4) is 5.75 Å². The average Bonchev–Trinajstić information content (AvgIpc) is 2.76. The smallest absolute Gasteiger partial charge is 0.223 e. The quantitative estimate of drug-likeness (QED) is 0.546. The molecule has 1 unspecified atom stereocenters. The SMILES string of the molecule is COc1cccc(C(CN2CCN(C(=O)CC(C)(C)C)CC2)OCc2cccc(Cl)c2)c1. The normalized spacial score (nSPS) is 16.1. The predicted octanol–water partition coefficient (Wildman–Crippen LogP) is 5.19. The number of rotatable bonds is 8. The molecule has 174 valence electrons. The van der Waals surface area contributed by atoms with E-state index < -0.39 is 0 Å². The van der Waals surface area contributed by atoms with Gasteiger partial charge in [0.1, 0.15) is 5.75 Å². The van der Waals surface area contributed by atoms with Gasteiger partial charge in [-0.1, -0.05) is 56.6 Å². The number of piperazine rings is 1. The van der Waals surface area contributed by atoms with Crippen LogP contribution in [0.5, 0.6) is 5.75 Å². The van der Waals surface area contributed by atoms with E-state index in [1.54, 1.807) is 7.11 Å². The highest BCUT2D eigenvalue weighted by Crippen LogP contribution is 2.26. The Bertz CT molecular complexity index is 889. The van der Waals surface area contributed by atoms with Crippen LogP contribution in [0.2, 0.25) is 5.02 Å². The molecule has 0 radical (unpaired) electrons. The Labute approximate surface area is 197 Å². The lowest BCUT2D eigenvalue weighted by atomic mass is 9.91. The van der Waals surface area contributed by atoms with Gasteiger partial charge in [-0.15, -0.1) is 0 Å². The van der Waals surface area contributed by atoms with Crippen molar-refractivity contribution in [2.45, 2.75) is 39.9 Å². The van der Waals surface area contributed by atoms with Crippen molar-refractivity contribution < 1.29 is 14.3 Å². The third-order valence-corrected chi connectivity index (χ3v) is 5.87. The first-order valence-corrected chi connectivity index (χ1v) is 11.6. The summed E-state index contributed by atoms with van der Waals surface area (Å²) in [6.45, 7) is 10.8. The van der Waals surface area contributed by atoms with Crippen molar-refractivity contribution in [1.29, 1.82) is 0 Å². The van der Waals surface area contributed by atoms with E-state index in [1.807, 2.05) is 47.4 Å². The fraction of sp³-hybridized carbons (Fsp3) is 0.500. The number of nitrogens with zero attached hydrogens (tertiary/aromatic N) is 2. The zero-order valence-electron chi connectivity index (χ0n) is 19.6. The molecule has 1 heterocycles. The van der Waals surface area contributed by atoms with Crippen molar-refractivity contribution in [2.24, 2.45) is 5.41 Å². The maximum absolute atomic E-state index is 12.6. The number of benzene rings is 2. The maximum Gasteiger partial charge on any atom is 0.223 e. The third kappa shape index (κ3) is 7.51. The first-order valence-electron chi connectivity index (χ1n) is 11.2. The highest BCUT2D eigenvalue weighted by Gasteiger charge is 2.26. The van der Waals surface area contributed by atoms with Crippen LogP contribution in [0.15, 0.2) is 48.5 Å². The molecule has 3 rings (SSSR count). The number of hydrogen-bond donors (Lipinski definition) is 0. The predicted molar refractivity (Wildman–Crippen MR) is 129 cm³/mol. The first kappa shape index (κ1) is 24.6. The molecule has 32 heavy (non-hydrogen) atoms. The standard InChI is InChI=1S/C26H35ClN2O3/c1-26(2,3)17-25(30)29-13-11-28(12-14-29)18-24(21-8-6-10-23(16-21)31-4)32-19-20-7-5-9-22(27)15-20/h5-10,15-16,24H,11-14,17-19H2,1-4H3. The number of amides is 1. The van der Waals surface area contributed by atoms with E-state index in [0.717, 1.165) is 49.6 Å². The minimum absolute atomic E-state index is 0.0137. The topological polar surface area (TPSA) is 42.0 Å². The molecule has 1 saturated heterocycles. The maximum atomic E-state index is 12.6. The van der Waals surface area contributed by atoms with Crippen LogP contribution in [-0.4, -0.2) is 55.5 Å². The van der Waals surface area contributed by atoms with Crippen LogP contribution in [0.25, 0.3) is 0 Å². The Kier molecular flexibility index (Phi) is 8.57. The largest absolute Gasteiger partial charge is 0.497 e. The van der Waals surface area contributed by atoms with Crippen LogP contribution in [0.1, 0.15) is 44.4 Å². The number of hydrogen-bond acceptors (Lipinski definition) is 4. The van der Waals surface area contributed by atoms with Crippen LogP contribution in [0, 0.1) is 5.41 Å². The van der Waals surface area contributed by atoms with Gasteiger partial charge < -0.3 is 14.4 Å². The highest BCUT2D eigenvalue weighted by atomic mass is 35.5. The summed E-state index contributed by atoms with van der Waals surface area (Å²) >= 11 is 6.14. The average molecular weight is 459 g/mol. The van der Waals surface area contributed by atoms with Gasteiger partial charge in [-0.2, -0.15) is 0 Å². The van der Waals surface area contributed by atoms with E-state index in [9.17, 15) is 4.79 Å². The number of methoxy groups -OCH3 is 1. The lowest BCUT2D eigenvalue weighted by Crippen LogP contribution is -2.50. The van der Waals surface area contributed by atoms with Crippen LogP contribution in [0.4, 0.5) is 0 Å². The van der Waals surface area contributed by atoms with Gasteiger partial charge in [-0.3, -0.25) is 9.69 Å². The molecule has 0 saturated carbocycles. The molecule has 0 N–H and O–H groups in total. The molecule has 2 aromatic rings. The Morgan fingerprint density at radius 2 is 1.78 bits per heavy atom. The van der Waals surface area contributed by atoms with Gasteiger partial charge in [0.05, 0.1) is 19.8 Å². The minimum atomic E-state index is -0.110. The van der Waals surface area contributed by atoms with Gasteiger partial charge >= 0.3 is 0 Å². The fourth-order valence-electron chi connectivity index (χ4n) is 3.90. The number of halogens is 1. The van der Waals surface area contributed by atoms with Gasteiger partial charge in [-0.25, -0.2) is 0 Å². The number of carbonyl (C=O) groups excluding carboxylic acids is 1. The van der Waals surface area contributed by atoms with Crippen molar-refractivity contribution in [1.82, 2.24) is 9.80 Å². The van der Waals surface area contributed by atoms with E-state index in [-0.39, 0.29) is 17.4 Å². The molecule has 1 fully saturated rings. The summed E-state index contributed by atoms with van der Waals surface area (Å²) in [5, 5.41) is 0.708. The molecule has 0 spiro atoms. The molecule has 6 heteroatoms. The summed E-state index contributed by atoms with van der Waals surface area (Å²) < 4.78 is 11.8. The molecule has 5 nitrogen and oxygen atoms in total. The Hall–Kier alpha value is -2.08. The molecule has 1 atom stereocenters. The zero-order valence-corrected chi connectivity index (χ0v) is 20.4. The second-order valence-corrected chi connectivity index (χ2v) is 10.1. The highest BCUT2D eigenvalue weighted by molar-refractivity contribution is 6.30. The van der Waals surface area contributed by atoms with Crippen LogP contribution in [0.3, 0.4) is 0 Å². The van der Waals surface area contributed by atoms with Crippen LogP contribution < -0.4 is 4.74 Å². The molecule has 0 bridgehead atoms. The van der Waals surface area contributed by atoms with Crippen LogP contribution >= 0.6 is 11.6 Å². The monoisotopic (exact) mass is 458 g/mol. The van der Waals surface area contributed by atoms with Crippen molar-refractivity contribution in [3.05, 3.63) is 64.7 Å². The second-order valence-electron chi connectivity index (χ2n) is 9.63. The number of ether oxygens (including phenoxy) is 2. The Morgan fingerprint density at radius 3 is 2.44 bits per heavy atom. The molecule has 1 aliphatic heterocycles. The number of carbonyl (C=O) groups is 1. The van der Waals surface area contributed by atoms with Crippen molar-refractivity contribution in [2.75, 3.05) is 39.8 Å². The lowest BCUT2D eigenvalue weighted by molar-refractivity contribution is -0.135. The van der Waals surface area contributed by atoms with Gasteiger partial charge in [0.2, 0.25) is 5.91 Å². The van der Waals surface area contributed by atoms with Gasteiger partial charge in [-0.05, 0) is 40.8 Å². The third-order valence-electron chi connectivity index (χ3n) is 5.64. The minimum Gasteiger partial charge on any atom is -0.497 e. The molecule has 0 aliphatic carbocycles. The summed E-state index contributed by atoms with van der Waals surface area (Å²) in [6, 6.07) is 15.8. The molecular weight excluding hydrogens is 424 g/mol. The van der Waals surface area contributed by atoms with Gasteiger partial charge in [0.15, 0.2) is 0 Å². The second kappa shape index (κ2) is 11.2. The van der Waals surface area contributed by atoms with E-state index in [1.165, 1.54) is 0 Å². The molecular formula is C26H35ClN2O3. The lowest BCUT2D eigenvalue weighted by Gasteiger charge is -2.37. The fourth-order valence-corrected chi connectivity index (χ4v) is 4.11. The zero-order chi connectivity index (χ0) is 23.1. The van der Waals surface area contributed by atoms with Crippen molar-refractivity contribution >= 4 is 17.5 Å². The van der Waals surface area contributed by atoms with E-state index >= 15 is 0 Å². The molecule has 2 aromatic carbocycles. The van der Waals surface area contributed by atoms with E-state index in [2.05, 4.69) is 31.7 Å². The Morgan fingerprint density at radius 1 is 1.06 bits per heavy atom.